The molecule has 3 rings (SSSR count). The highest BCUT2D eigenvalue weighted by Gasteiger charge is 2.30. The minimum Gasteiger partial charge on any atom is -0.370 e. The third-order valence-corrected chi connectivity index (χ3v) is 3.61. The van der Waals surface area contributed by atoms with Gasteiger partial charge in [0.25, 0.3) is 0 Å². The van der Waals surface area contributed by atoms with Crippen molar-refractivity contribution in [2.75, 3.05) is 11.9 Å². The molecular formula is C15H20N4O. The van der Waals surface area contributed by atoms with Gasteiger partial charge in [0.1, 0.15) is 11.6 Å². The molecule has 0 spiro atoms. The van der Waals surface area contributed by atoms with Crippen LogP contribution >= 0.6 is 0 Å². The van der Waals surface area contributed by atoms with Crippen LogP contribution in [0.15, 0.2) is 18.2 Å². The molecule has 2 aromatic rings. The van der Waals surface area contributed by atoms with Crippen LogP contribution in [0.4, 0.5) is 5.82 Å². The Kier molecular flexibility index (Phi) is 3.67. The van der Waals surface area contributed by atoms with Gasteiger partial charge in [0.05, 0.1) is 6.42 Å². The summed E-state index contributed by atoms with van der Waals surface area (Å²) in [4.78, 5) is 16.3. The SMILES string of the molecule is CCCCNc1cccc2nc(CC(=O)C3CC3)nn12. The number of hydrogen-bond acceptors (Lipinski definition) is 4. The Balaban J connectivity index is 1.78. The van der Waals surface area contributed by atoms with E-state index in [1.807, 2.05) is 18.2 Å². The fraction of sp³-hybridized carbons (Fsp3) is 0.533. The van der Waals surface area contributed by atoms with Crippen molar-refractivity contribution in [3.63, 3.8) is 0 Å². The first-order valence-electron chi connectivity index (χ1n) is 7.39. The zero-order chi connectivity index (χ0) is 13.9. The molecule has 2 heterocycles. The summed E-state index contributed by atoms with van der Waals surface area (Å²) in [5.74, 6) is 2.12. The molecule has 0 amide bonds. The molecule has 0 atom stereocenters. The van der Waals surface area contributed by atoms with Gasteiger partial charge >= 0.3 is 0 Å². The van der Waals surface area contributed by atoms with Crippen molar-refractivity contribution in [2.24, 2.45) is 5.92 Å². The lowest BCUT2D eigenvalue weighted by Gasteiger charge is -2.06. The Hall–Kier alpha value is -1.91. The average Bonchev–Trinajstić information content (AvgIpc) is 3.20. The van der Waals surface area contributed by atoms with Gasteiger partial charge < -0.3 is 5.32 Å². The summed E-state index contributed by atoms with van der Waals surface area (Å²) < 4.78 is 1.80. The highest BCUT2D eigenvalue weighted by atomic mass is 16.1. The van der Waals surface area contributed by atoms with Crippen LogP contribution in [0.2, 0.25) is 0 Å². The number of hydrogen-bond donors (Lipinski definition) is 1. The molecule has 1 fully saturated rings. The van der Waals surface area contributed by atoms with Crippen LogP contribution < -0.4 is 5.32 Å². The zero-order valence-corrected chi connectivity index (χ0v) is 11.8. The van der Waals surface area contributed by atoms with Crippen LogP contribution in [-0.2, 0) is 11.2 Å². The number of carbonyl (C=O) groups is 1. The van der Waals surface area contributed by atoms with Crippen LogP contribution in [0, 0.1) is 5.92 Å². The Morgan fingerprint density at radius 1 is 1.45 bits per heavy atom. The molecule has 5 heteroatoms. The second kappa shape index (κ2) is 5.61. The van der Waals surface area contributed by atoms with Gasteiger partial charge in [-0.1, -0.05) is 19.4 Å². The highest BCUT2D eigenvalue weighted by Crippen LogP contribution is 2.30. The molecule has 1 aliphatic rings. The van der Waals surface area contributed by atoms with Gasteiger partial charge in [-0.2, -0.15) is 4.52 Å². The third-order valence-electron chi connectivity index (χ3n) is 3.61. The van der Waals surface area contributed by atoms with Crippen LogP contribution in [-0.4, -0.2) is 26.9 Å². The maximum absolute atomic E-state index is 11.8. The number of nitrogens with zero attached hydrogens (tertiary/aromatic N) is 3. The lowest BCUT2D eigenvalue weighted by atomic mass is 10.2. The largest absolute Gasteiger partial charge is 0.370 e. The minimum atomic E-state index is 0.267. The monoisotopic (exact) mass is 272 g/mol. The molecule has 0 aliphatic heterocycles. The van der Waals surface area contributed by atoms with Gasteiger partial charge in [0, 0.05) is 12.5 Å². The van der Waals surface area contributed by atoms with E-state index >= 15 is 0 Å². The summed E-state index contributed by atoms with van der Waals surface area (Å²) in [7, 11) is 0. The molecule has 2 aromatic heterocycles. The summed E-state index contributed by atoms with van der Waals surface area (Å²) >= 11 is 0. The fourth-order valence-electron chi connectivity index (χ4n) is 2.26. The number of unbranched alkanes of at least 4 members (excludes halogenated alkanes) is 1. The number of nitrogens with one attached hydrogen (secondary N) is 1. The number of pyridine rings is 1. The van der Waals surface area contributed by atoms with Crippen LogP contribution in [0.5, 0.6) is 0 Å². The number of anilines is 1. The number of carbonyl (C=O) groups excluding carboxylic acids is 1. The van der Waals surface area contributed by atoms with E-state index in [9.17, 15) is 4.79 Å². The van der Waals surface area contributed by atoms with E-state index in [1.165, 1.54) is 0 Å². The van der Waals surface area contributed by atoms with Crippen molar-refractivity contribution in [3.8, 4) is 0 Å². The lowest BCUT2D eigenvalue weighted by molar-refractivity contribution is -0.119. The van der Waals surface area contributed by atoms with Crippen molar-refractivity contribution in [1.82, 2.24) is 14.6 Å². The molecule has 106 valence electrons. The molecule has 0 radical (unpaired) electrons. The molecule has 20 heavy (non-hydrogen) atoms. The maximum Gasteiger partial charge on any atom is 0.159 e. The number of rotatable bonds is 7. The summed E-state index contributed by atoms with van der Waals surface area (Å²) in [6, 6.07) is 5.87. The molecule has 1 aliphatic carbocycles. The van der Waals surface area contributed by atoms with E-state index in [0.29, 0.717) is 12.2 Å². The molecule has 0 unspecified atom stereocenters. The van der Waals surface area contributed by atoms with Crippen molar-refractivity contribution in [2.45, 2.75) is 39.0 Å². The number of Topliss-reactive ketones (excluding diaryl/α,β-unsaturated/α-hetero) is 1. The Labute approximate surface area is 118 Å². The Morgan fingerprint density at radius 2 is 2.30 bits per heavy atom. The number of fused-ring (bicyclic) bond motifs is 1. The predicted molar refractivity (Wildman–Crippen MR) is 77.8 cm³/mol. The van der Waals surface area contributed by atoms with Gasteiger partial charge in [-0.3, -0.25) is 4.79 Å². The number of ketones is 1. The van der Waals surface area contributed by atoms with E-state index in [1.54, 1.807) is 4.52 Å². The maximum atomic E-state index is 11.8. The smallest absolute Gasteiger partial charge is 0.159 e. The molecule has 1 N–H and O–H groups in total. The topological polar surface area (TPSA) is 59.3 Å². The summed E-state index contributed by atoms with van der Waals surface area (Å²) in [6.07, 6.45) is 4.71. The summed E-state index contributed by atoms with van der Waals surface area (Å²) in [5, 5.41) is 7.83. The summed E-state index contributed by atoms with van der Waals surface area (Å²) in [5.41, 5.74) is 0.796. The van der Waals surface area contributed by atoms with Crippen molar-refractivity contribution in [1.29, 1.82) is 0 Å². The van der Waals surface area contributed by atoms with Crippen molar-refractivity contribution in [3.05, 3.63) is 24.0 Å². The van der Waals surface area contributed by atoms with Gasteiger partial charge in [-0.05, 0) is 31.4 Å². The van der Waals surface area contributed by atoms with E-state index in [2.05, 4.69) is 22.3 Å². The fourth-order valence-corrected chi connectivity index (χ4v) is 2.26. The molecule has 1 saturated carbocycles. The van der Waals surface area contributed by atoms with Crippen molar-refractivity contribution >= 4 is 17.2 Å². The van der Waals surface area contributed by atoms with Crippen LogP contribution in [0.3, 0.4) is 0 Å². The lowest BCUT2D eigenvalue weighted by Crippen LogP contribution is -2.08. The van der Waals surface area contributed by atoms with E-state index < -0.39 is 0 Å². The standard InChI is InChI=1S/C15H20N4O/c1-2-3-9-16-14-5-4-6-15-17-13(18-19(14)15)10-12(20)11-7-8-11/h4-6,11,16H,2-3,7-10H2,1H3. The summed E-state index contributed by atoms with van der Waals surface area (Å²) in [6.45, 7) is 3.09. The first-order valence-corrected chi connectivity index (χ1v) is 7.39. The number of aromatic nitrogens is 3. The second-order valence-corrected chi connectivity index (χ2v) is 5.41. The normalized spacial score (nSPS) is 14.7. The third kappa shape index (κ3) is 2.81. The first-order chi connectivity index (χ1) is 9.78. The molecule has 0 aromatic carbocycles. The van der Waals surface area contributed by atoms with Gasteiger partial charge in [-0.15, -0.1) is 5.10 Å². The Morgan fingerprint density at radius 3 is 3.05 bits per heavy atom. The van der Waals surface area contributed by atoms with Crippen LogP contribution in [0.1, 0.15) is 38.4 Å². The van der Waals surface area contributed by atoms with Gasteiger partial charge in [-0.25, -0.2) is 4.98 Å². The minimum absolute atomic E-state index is 0.267. The first kappa shape index (κ1) is 13.1. The zero-order valence-electron chi connectivity index (χ0n) is 11.8. The highest BCUT2D eigenvalue weighted by molar-refractivity contribution is 5.84. The predicted octanol–water partition coefficient (Wildman–Crippen LogP) is 2.46. The molecule has 0 bridgehead atoms. The quantitative estimate of drug-likeness (QED) is 0.787. The van der Waals surface area contributed by atoms with Gasteiger partial charge in [0.2, 0.25) is 0 Å². The van der Waals surface area contributed by atoms with Crippen molar-refractivity contribution < 1.29 is 4.79 Å². The van der Waals surface area contributed by atoms with E-state index in [-0.39, 0.29) is 11.7 Å². The second-order valence-electron chi connectivity index (χ2n) is 5.41. The Bertz CT molecular complexity index is 615. The van der Waals surface area contributed by atoms with E-state index in [4.69, 9.17) is 0 Å². The van der Waals surface area contributed by atoms with E-state index in [0.717, 1.165) is 43.7 Å². The molecule has 5 nitrogen and oxygen atoms in total. The van der Waals surface area contributed by atoms with Crippen LogP contribution in [0.25, 0.3) is 5.65 Å². The molecule has 0 saturated heterocycles. The van der Waals surface area contributed by atoms with Gasteiger partial charge in [0.15, 0.2) is 11.5 Å². The average molecular weight is 272 g/mol. The molecular weight excluding hydrogens is 252 g/mol.